The monoisotopic (exact) mass is 304 g/mol. The molecular formula is C16H20N2O2S. The number of hydrogen-bond donors (Lipinski definition) is 1. The molecule has 1 aromatic carbocycles. The minimum atomic E-state index is 0.233. The first-order valence-electron chi connectivity index (χ1n) is 7.13. The molecule has 2 heterocycles. The summed E-state index contributed by atoms with van der Waals surface area (Å²) >= 11 is 1.69. The molecule has 0 bridgehead atoms. The summed E-state index contributed by atoms with van der Waals surface area (Å²) in [4.78, 5) is 5.76. The van der Waals surface area contributed by atoms with Crippen molar-refractivity contribution in [1.29, 1.82) is 0 Å². The first-order chi connectivity index (χ1) is 10.1. The van der Waals surface area contributed by atoms with E-state index < -0.39 is 0 Å². The molecule has 0 saturated carbocycles. The number of benzene rings is 1. The van der Waals surface area contributed by atoms with Crippen LogP contribution in [-0.2, 0) is 6.42 Å². The molecule has 0 aliphatic carbocycles. The Bertz CT molecular complexity index is 654. The van der Waals surface area contributed by atoms with Gasteiger partial charge >= 0.3 is 0 Å². The van der Waals surface area contributed by atoms with Gasteiger partial charge in [0.2, 0.25) is 0 Å². The van der Waals surface area contributed by atoms with E-state index in [0.717, 1.165) is 28.5 Å². The Balaban J connectivity index is 2.02. The van der Waals surface area contributed by atoms with Gasteiger partial charge in [0.05, 0.1) is 12.7 Å². The molecule has 0 spiro atoms. The Morgan fingerprint density at radius 3 is 3.00 bits per heavy atom. The van der Waals surface area contributed by atoms with Crippen LogP contribution >= 0.6 is 11.3 Å². The van der Waals surface area contributed by atoms with Crippen molar-refractivity contribution in [3.05, 3.63) is 28.8 Å². The van der Waals surface area contributed by atoms with E-state index in [-0.39, 0.29) is 6.10 Å². The van der Waals surface area contributed by atoms with E-state index in [0.29, 0.717) is 6.04 Å². The van der Waals surface area contributed by atoms with Crippen molar-refractivity contribution >= 4 is 11.3 Å². The third-order valence-electron chi connectivity index (χ3n) is 3.83. The van der Waals surface area contributed by atoms with Gasteiger partial charge in [0.15, 0.2) is 0 Å². The Kier molecular flexibility index (Phi) is 3.87. The molecule has 4 nitrogen and oxygen atoms in total. The summed E-state index contributed by atoms with van der Waals surface area (Å²) in [5.74, 6) is 1.82. The second kappa shape index (κ2) is 5.66. The summed E-state index contributed by atoms with van der Waals surface area (Å²) in [7, 11) is 3.66. The lowest BCUT2D eigenvalue weighted by molar-refractivity contribution is 0.254. The molecule has 1 aromatic heterocycles. The number of ether oxygens (including phenoxy) is 2. The van der Waals surface area contributed by atoms with E-state index in [4.69, 9.17) is 9.47 Å². The van der Waals surface area contributed by atoms with Crippen LogP contribution in [0.1, 0.15) is 30.3 Å². The van der Waals surface area contributed by atoms with Crippen molar-refractivity contribution in [3.63, 3.8) is 0 Å². The van der Waals surface area contributed by atoms with E-state index >= 15 is 0 Å². The van der Waals surface area contributed by atoms with E-state index in [9.17, 15) is 0 Å². The fourth-order valence-corrected chi connectivity index (χ4v) is 3.53. The Hall–Kier alpha value is -1.59. The second-order valence-corrected chi connectivity index (χ2v) is 6.43. The first kappa shape index (κ1) is 14.4. The largest absolute Gasteiger partial charge is 0.496 e. The van der Waals surface area contributed by atoms with Gasteiger partial charge in [-0.3, -0.25) is 0 Å². The van der Waals surface area contributed by atoms with Crippen LogP contribution < -0.4 is 14.8 Å². The zero-order chi connectivity index (χ0) is 15.0. The van der Waals surface area contributed by atoms with Crippen LogP contribution in [0.15, 0.2) is 18.3 Å². The van der Waals surface area contributed by atoms with Gasteiger partial charge in [-0.05, 0) is 33.0 Å². The fraction of sp³-hybridized carbons (Fsp3) is 0.438. The SMILES string of the molecule is CNC(C)c1cnc(-c2cc3c(cc2OC)CC(C)O3)s1. The highest BCUT2D eigenvalue weighted by molar-refractivity contribution is 7.15. The van der Waals surface area contributed by atoms with Gasteiger partial charge in [0, 0.05) is 29.1 Å². The second-order valence-electron chi connectivity index (χ2n) is 5.37. The molecule has 1 aliphatic rings. The maximum atomic E-state index is 5.85. The molecule has 2 aromatic rings. The number of aromatic nitrogens is 1. The van der Waals surface area contributed by atoms with E-state index in [1.807, 2.05) is 13.2 Å². The van der Waals surface area contributed by atoms with Gasteiger partial charge in [0.25, 0.3) is 0 Å². The summed E-state index contributed by atoms with van der Waals surface area (Å²) in [6.07, 6.45) is 3.10. The molecule has 0 saturated heterocycles. The van der Waals surface area contributed by atoms with Crippen molar-refractivity contribution < 1.29 is 9.47 Å². The highest BCUT2D eigenvalue weighted by atomic mass is 32.1. The van der Waals surface area contributed by atoms with Gasteiger partial charge < -0.3 is 14.8 Å². The van der Waals surface area contributed by atoms with Crippen LogP contribution in [0.2, 0.25) is 0 Å². The number of methoxy groups -OCH3 is 1. The number of thiazole rings is 1. The first-order valence-corrected chi connectivity index (χ1v) is 7.95. The van der Waals surface area contributed by atoms with Crippen LogP contribution in [0, 0.1) is 0 Å². The van der Waals surface area contributed by atoms with Crippen molar-refractivity contribution in [1.82, 2.24) is 10.3 Å². The molecular weight excluding hydrogens is 284 g/mol. The standard InChI is InChI=1S/C16H20N2O2S/c1-9-5-11-6-14(19-4)12(7-13(11)20-9)16-18-8-15(21-16)10(2)17-3/h6-10,17H,5H2,1-4H3. The summed E-state index contributed by atoms with van der Waals surface area (Å²) in [5, 5.41) is 4.20. The third-order valence-corrected chi connectivity index (χ3v) is 5.05. The van der Waals surface area contributed by atoms with Gasteiger partial charge in [-0.15, -0.1) is 11.3 Å². The molecule has 0 fully saturated rings. The molecule has 1 aliphatic heterocycles. The quantitative estimate of drug-likeness (QED) is 0.940. The van der Waals surface area contributed by atoms with Crippen LogP contribution in [0.25, 0.3) is 10.6 Å². The third kappa shape index (κ3) is 2.63. The van der Waals surface area contributed by atoms with Gasteiger partial charge in [-0.2, -0.15) is 0 Å². The van der Waals surface area contributed by atoms with Crippen LogP contribution in [0.3, 0.4) is 0 Å². The summed E-state index contributed by atoms with van der Waals surface area (Å²) in [5.41, 5.74) is 2.22. The van der Waals surface area contributed by atoms with E-state index in [1.54, 1.807) is 18.4 Å². The molecule has 3 rings (SSSR count). The smallest absolute Gasteiger partial charge is 0.129 e. The Morgan fingerprint density at radius 1 is 1.48 bits per heavy atom. The van der Waals surface area contributed by atoms with Crippen LogP contribution in [-0.4, -0.2) is 25.2 Å². The van der Waals surface area contributed by atoms with Crippen molar-refractivity contribution in [2.45, 2.75) is 32.4 Å². The van der Waals surface area contributed by atoms with Gasteiger partial charge in [0.1, 0.15) is 22.6 Å². The average Bonchev–Trinajstić information content (AvgIpc) is 3.09. The lowest BCUT2D eigenvalue weighted by atomic mass is 10.1. The zero-order valence-corrected chi connectivity index (χ0v) is 13.6. The van der Waals surface area contributed by atoms with Gasteiger partial charge in [-0.1, -0.05) is 0 Å². The summed E-state index contributed by atoms with van der Waals surface area (Å²) in [6, 6.07) is 4.44. The predicted molar refractivity (Wildman–Crippen MR) is 85.4 cm³/mol. The molecule has 21 heavy (non-hydrogen) atoms. The molecule has 112 valence electrons. The molecule has 0 radical (unpaired) electrons. The maximum Gasteiger partial charge on any atom is 0.129 e. The van der Waals surface area contributed by atoms with Crippen molar-refractivity contribution in [2.75, 3.05) is 14.2 Å². The highest BCUT2D eigenvalue weighted by Gasteiger charge is 2.23. The minimum Gasteiger partial charge on any atom is -0.496 e. The Morgan fingerprint density at radius 2 is 2.29 bits per heavy atom. The number of nitrogens with zero attached hydrogens (tertiary/aromatic N) is 1. The Labute approximate surface area is 129 Å². The lowest BCUT2D eigenvalue weighted by Crippen LogP contribution is -2.10. The molecule has 2 unspecified atom stereocenters. The summed E-state index contributed by atoms with van der Waals surface area (Å²) in [6.45, 7) is 4.21. The molecule has 5 heteroatoms. The van der Waals surface area contributed by atoms with Crippen molar-refractivity contribution in [3.8, 4) is 22.1 Å². The fourth-order valence-electron chi connectivity index (χ4n) is 2.53. The van der Waals surface area contributed by atoms with Crippen molar-refractivity contribution in [2.24, 2.45) is 0 Å². The molecule has 2 atom stereocenters. The number of nitrogens with one attached hydrogen (secondary N) is 1. The molecule has 0 amide bonds. The predicted octanol–water partition coefficient (Wildman–Crippen LogP) is 3.42. The lowest BCUT2D eigenvalue weighted by Gasteiger charge is -2.09. The van der Waals surface area contributed by atoms with Gasteiger partial charge in [-0.25, -0.2) is 4.98 Å². The number of rotatable bonds is 4. The van der Waals surface area contributed by atoms with E-state index in [2.05, 4.69) is 36.3 Å². The van der Waals surface area contributed by atoms with Crippen LogP contribution in [0.5, 0.6) is 11.5 Å². The normalized spacial score (nSPS) is 18.2. The summed E-state index contributed by atoms with van der Waals surface area (Å²) < 4.78 is 11.4. The number of fused-ring (bicyclic) bond motifs is 1. The maximum absolute atomic E-state index is 5.85. The minimum absolute atomic E-state index is 0.233. The van der Waals surface area contributed by atoms with E-state index in [1.165, 1.54) is 10.4 Å². The highest BCUT2D eigenvalue weighted by Crippen LogP contribution is 2.41. The average molecular weight is 304 g/mol. The zero-order valence-electron chi connectivity index (χ0n) is 12.8. The molecule has 1 N–H and O–H groups in total. The van der Waals surface area contributed by atoms with Crippen LogP contribution in [0.4, 0.5) is 0 Å². The number of hydrogen-bond acceptors (Lipinski definition) is 5. The topological polar surface area (TPSA) is 43.4 Å².